The minimum atomic E-state index is -1.25. The summed E-state index contributed by atoms with van der Waals surface area (Å²) in [7, 11) is 0. The topological polar surface area (TPSA) is 46.0 Å². The largest absolute Gasteiger partial charge is 0.501 e. The van der Waals surface area contributed by atoms with Crippen molar-refractivity contribution >= 4 is 0 Å². The first-order valence-corrected chi connectivity index (χ1v) is 2.07. The van der Waals surface area contributed by atoms with Crippen LogP contribution in [0.15, 0.2) is 6.33 Å². The predicted molar refractivity (Wildman–Crippen MR) is 23.6 cm³/mol. The molecule has 1 rings (SSSR count). The van der Waals surface area contributed by atoms with Crippen LogP contribution in [-0.4, -0.2) is 15.1 Å². The molecule has 0 radical (unpaired) electrons. The summed E-state index contributed by atoms with van der Waals surface area (Å²) in [5, 5.41) is 8.33. The van der Waals surface area contributed by atoms with E-state index < -0.39 is 17.6 Å². The van der Waals surface area contributed by atoms with Gasteiger partial charge in [-0.05, 0) is 0 Å². The summed E-state index contributed by atoms with van der Waals surface area (Å²) in [5.74, 6) is -3.64. The van der Waals surface area contributed by atoms with E-state index in [1.807, 2.05) is 0 Å². The van der Waals surface area contributed by atoms with E-state index in [0.717, 1.165) is 0 Å². The van der Waals surface area contributed by atoms with Gasteiger partial charge in [0.1, 0.15) is 6.33 Å². The van der Waals surface area contributed by atoms with E-state index in [1.54, 1.807) is 0 Å². The summed E-state index contributed by atoms with van der Waals surface area (Å²) in [6.45, 7) is 0. The molecule has 0 saturated heterocycles. The fourth-order valence-corrected chi connectivity index (χ4v) is 0.338. The Kier molecular flexibility index (Phi) is 1.26. The molecule has 1 N–H and O–H groups in total. The van der Waals surface area contributed by atoms with E-state index in [0.29, 0.717) is 6.33 Å². The molecule has 0 spiro atoms. The maximum Gasteiger partial charge on any atom is 0.261 e. The Balaban J connectivity index is 3.25. The van der Waals surface area contributed by atoms with Crippen molar-refractivity contribution < 1.29 is 13.9 Å². The number of aromatic hydroxyl groups is 1. The Hall–Kier alpha value is -1.26. The first-order chi connectivity index (χ1) is 4.22. The second-order valence-corrected chi connectivity index (χ2v) is 1.30. The van der Waals surface area contributed by atoms with Crippen LogP contribution in [0.3, 0.4) is 0 Å². The van der Waals surface area contributed by atoms with Gasteiger partial charge in [0.25, 0.3) is 11.9 Å². The molecule has 3 nitrogen and oxygen atoms in total. The molecule has 0 aliphatic heterocycles. The summed E-state index contributed by atoms with van der Waals surface area (Å²) in [4.78, 5) is 5.74. The lowest BCUT2D eigenvalue weighted by Crippen LogP contribution is -1.89. The van der Waals surface area contributed by atoms with Gasteiger partial charge in [0.05, 0.1) is 0 Å². The number of hydrogen-bond donors (Lipinski definition) is 1. The lowest BCUT2D eigenvalue weighted by atomic mass is 10.6. The van der Waals surface area contributed by atoms with Gasteiger partial charge in [-0.15, -0.1) is 0 Å². The van der Waals surface area contributed by atoms with Crippen LogP contribution in [0, 0.1) is 11.9 Å². The highest BCUT2D eigenvalue weighted by Gasteiger charge is 2.06. The van der Waals surface area contributed by atoms with Crippen molar-refractivity contribution in [3.63, 3.8) is 0 Å². The van der Waals surface area contributed by atoms with E-state index in [2.05, 4.69) is 9.97 Å². The minimum Gasteiger partial charge on any atom is -0.501 e. The standard InChI is InChI=1S/C4H2F2N2O/c5-3-2(9)4(6)8-1-7-3/h1,9H. The zero-order valence-electron chi connectivity index (χ0n) is 4.17. The average molecular weight is 132 g/mol. The number of rotatable bonds is 0. The summed E-state index contributed by atoms with van der Waals surface area (Å²) in [6, 6.07) is 0. The summed E-state index contributed by atoms with van der Waals surface area (Å²) >= 11 is 0. The van der Waals surface area contributed by atoms with Crippen LogP contribution in [0.5, 0.6) is 5.75 Å². The van der Waals surface area contributed by atoms with Gasteiger partial charge in [0, 0.05) is 0 Å². The Morgan fingerprint density at radius 2 is 1.67 bits per heavy atom. The minimum absolute atomic E-state index is 0.685. The van der Waals surface area contributed by atoms with Gasteiger partial charge in [0.2, 0.25) is 5.75 Å². The van der Waals surface area contributed by atoms with Gasteiger partial charge in [-0.3, -0.25) is 0 Å². The molecule has 0 unspecified atom stereocenters. The summed E-state index contributed by atoms with van der Waals surface area (Å²) in [6.07, 6.45) is 0.685. The third kappa shape index (κ3) is 0.933. The van der Waals surface area contributed by atoms with Crippen LogP contribution in [0.1, 0.15) is 0 Å². The van der Waals surface area contributed by atoms with Gasteiger partial charge in [-0.1, -0.05) is 0 Å². The van der Waals surface area contributed by atoms with Crippen molar-refractivity contribution in [2.45, 2.75) is 0 Å². The van der Waals surface area contributed by atoms with Crippen LogP contribution in [0.2, 0.25) is 0 Å². The lowest BCUT2D eigenvalue weighted by molar-refractivity contribution is 0.371. The molecule has 9 heavy (non-hydrogen) atoms. The lowest BCUT2D eigenvalue weighted by Gasteiger charge is -1.90. The highest BCUT2D eigenvalue weighted by molar-refractivity contribution is 5.12. The second-order valence-electron chi connectivity index (χ2n) is 1.30. The molecule has 5 heteroatoms. The second kappa shape index (κ2) is 1.93. The molecule has 48 valence electrons. The molecular formula is C4H2F2N2O. The van der Waals surface area contributed by atoms with Crippen molar-refractivity contribution in [1.29, 1.82) is 0 Å². The van der Waals surface area contributed by atoms with Gasteiger partial charge in [-0.2, -0.15) is 8.78 Å². The molecule has 1 heterocycles. The number of halogens is 2. The highest BCUT2D eigenvalue weighted by Crippen LogP contribution is 2.12. The van der Waals surface area contributed by atoms with Crippen LogP contribution in [-0.2, 0) is 0 Å². The van der Waals surface area contributed by atoms with Crippen molar-refractivity contribution in [2.24, 2.45) is 0 Å². The molecule has 0 atom stereocenters. The van der Waals surface area contributed by atoms with Crippen molar-refractivity contribution in [2.75, 3.05) is 0 Å². The van der Waals surface area contributed by atoms with Crippen molar-refractivity contribution in [3.8, 4) is 5.75 Å². The third-order valence-electron chi connectivity index (χ3n) is 0.733. The van der Waals surface area contributed by atoms with E-state index >= 15 is 0 Å². The molecule has 0 saturated carbocycles. The van der Waals surface area contributed by atoms with Crippen LogP contribution >= 0.6 is 0 Å². The van der Waals surface area contributed by atoms with Gasteiger partial charge in [-0.25, -0.2) is 9.97 Å². The number of nitrogens with zero attached hydrogens (tertiary/aromatic N) is 2. The molecule has 0 bridgehead atoms. The zero-order valence-corrected chi connectivity index (χ0v) is 4.17. The Morgan fingerprint density at radius 1 is 1.22 bits per heavy atom. The van der Waals surface area contributed by atoms with Gasteiger partial charge >= 0.3 is 0 Å². The maximum absolute atomic E-state index is 11.9. The Morgan fingerprint density at radius 3 is 2.00 bits per heavy atom. The van der Waals surface area contributed by atoms with Crippen LogP contribution in [0.4, 0.5) is 8.78 Å². The highest BCUT2D eigenvalue weighted by atomic mass is 19.1. The maximum atomic E-state index is 11.9. The predicted octanol–water partition coefficient (Wildman–Crippen LogP) is 0.460. The normalized spacial score (nSPS) is 9.56. The van der Waals surface area contributed by atoms with Crippen molar-refractivity contribution in [1.82, 2.24) is 9.97 Å². The van der Waals surface area contributed by atoms with Crippen molar-refractivity contribution in [3.05, 3.63) is 18.2 Å². The zero-order chi connectivity index (χ0) is 6.85. The molecule has 0 aliphatic carbocycles. The van der Waals surface area contributed by atoms with E-state index in [9.17, 15) is 8.78 Å². The summed E-state index contributed by atoms with van der Waals surface area (Å²) < 4.78 is 23.9. The van der Waals surface area contributed by atoms with E-state index in [4.69, 9.17) is 5.11 Å². The first-order valence-electron chi connectivity index (χ1n) is 2.07. The number of aromatic nitrogens is 2. The fraction of sp³-hybridized carbons (Fsp3) is 0. The van der Waals surface area contributed by atoms with E-state index in [-0.39, 0.29) is 0 Å². The van der Waals surface area contributed by atoms with Crippen LogP contribution < -0.4 is 0 Å². The molecule has 0 amide bonds. The molecule has 0 aliphatic rings. The fourth-order valence-electron chi connectivity index (χ4n) is 0.338. The van der Waals surface area contributed by atoms with E-state index in [1.165, 1.54) is 0 Å². The number of hydrogen-bond acceptors (Lipinski definition) is 3. The van der Waals surface area contributed by atoms with Gasteiger partial charge in [0.15, 0.2) is 0 Å². The Bertz CT molecular complexity index is 208. The van der Waals surface area contributed by atoms with Gasteiger partial charge < -0.3 is 5.11 Å². The Labute approximate surface area is 49.0 Å². The molecule has 0 fully saturated rings. The monoisotopic (exact) mass is 132 g/mol. The molecule has 1 aromatic heterocycles. The molecule has 0 aromatic carbocycles. The average Bonchev–Trinajstić information content (AvgIpc) is 1.83. The molecule has 1 aromatic rings. The van der Waals surface area contributed by atoms with Crippen LogP contribution in [0.25, 0.3) is 0 Å². The smallest absolute Gasteiger partial charge is 0.261 e. The first kappa shape index (κ1) is 5.87. The SMILES string of the molecule is Oc1c(F)ncnc1F. The quantitative estimate of drug-likeness (QED) is 0.521. The summed E-state index contributed by atoms with van der Waals surface area (Å²) in [5.41, 5.74) is 0. The molecular weight excluding hydrogens is 130 g/mol. The third-order valence-corrected chi connectivity index (χ3v) is 0.733.